The number of ketones is 2. The number of carbonyl (C=O) groups excluding carboxylic acids is 2. The van der Waals surface area contributed by atoms with Crippen LogP contribution < -0.4 is 17.2 Å². The van der Waals surface area contributed by atoms with Crippen molar-refractivity contribution in [2.45, 2.75) is 169 Å². The number of oxime groups is 2. The van der Waals surface area contributed by atoms with Gasteiger partial charge in [0.2, 0.25) is 0 Å². The van der Waals surface area contributed by atoms with Crippen molar-refractivity contribution in [3.05, 3.63) is 315 Å². The van der Waals surface area contributed by atoms with Gasteiger partial charge in [0, 0.05) is 122 Å². The number of fused-ring (bicyclic) bond motifs is 5. The van der Waals surface area contributed by atoms with Crippen molar-refractivity contribution >= 4 is 96.9 Å². The summed E-state index contributed by atoms with van der Waals surface area (Å²) in [5.41, 5.74) is 18.8. The average Bonchev–Trinajstić information content (AvgIpc) is 1.44. The first kappa shape index (κ1) is 115. The lowest BCUT2D eigenvalue weighted by atomic mass is 9.67. The van der Waals surface area contributed by atoms with Crippen LogP contribution in [0, 0.1) is 86.4 Å². The number of thiocarbonyl (C=S) groups is 1. The Morgan fingerprint density at radius 2 is 0.966 bits per heavy atom. The van der Waals surface area contributed by atoms with E-state index in [0.717, 1.165) is 46.6 Å². The van der Waals surface area contributed by atoms with Gasteiger partial charge in [0.25, 0.3) is 5.69 Å². The summed E-state index contributed by atoms with van der Waals surface area (Å²) in [5.74, 6) is 0.747. The van der Waals surface area contributed by atoms with E-state index in [2.05, 4.69) is 40.4 Å². The highest BCUT2D eigenvalue weighted by molar-refractivity contribution is 8.14. The van der Waals surface area contributed by atoms with Crippen LogP contribution in [0.2, 0.25) is 0 Å². The normalized spacial score (nSPS) is 29.8. The zero-order valence-electron chi connectivity index (χ0n) is 83.7. The van der Waals surface area contributed by atoms with Crippen molar-refractivity contribution in [2.24, 2.45) is 83.9 Å². The third-order valence-electron chi connectivity index (χ3n) is 29.0. The summed E-state index contributed by atoms with van der Waals surface area (Å²) in [4.78, 5) is 54.8. The van der Waals surface area contributed by atoms with E-state index >= 15 is 0 Å². The Kier molecular flexibility index (Phi) is 41.6. The molecule has 12 heterocycles. The van der Waals surface area contributed by atoms with E-state index in [1.807, 2.05) is 121 Å². The summed E-state index contributed by atoms with van der Waals surface area (Å²) in [6.45, 7) is 28.8. The SMILES string of the molecule is C=CC(C)O.C=CC(C)OC/C=N/O.C[C@H]1OCC2=NOC[C@@H]21.C[C@H]1OC[C@@](CC(=S)CC(=O)c2ccccc2)(c2ccccc2F)[C@@H]1CO.C[C@H]1OC[C@@](N)(c2ccccc2F)[C@@H]1CO.C[C@H]1OC[C@]2(c3cc([N+](=O)[O-])ccc3F)N=C(N)SC[C@H]12.C[C@H]1OC[C@]2(c3ccccc3F)COC[C@H]12.C[C@H]1OC[C@]2(c3ccccc3F)N=C(CC(=O)c3ccccc3)SC[C@H]12.C[C@H]1OC[C@]2(c3ccccc3F)N=C(N)SC[C@H]12. The van der Waals surface area contributed by atoms with E-state index in [1.54, 1.807) is 104 Å². The van der Waals surface area contributed by atoms with Crippen LogP contribution in [0.1, 0.15) is 136 Å². The number of nitro groups is 1. The predicted octanol–water partition coefficient (Wildman–Crippen LogP) is 17.9. The predicted molar refractivity (Wildman–Crippen MR) is 564 cm³/mol. The first-order valence-corrected chi connectivity index (χ1v) is 52.1. The number of hydrogen-bond acceptors (Lipinski definition) is 30. The van der Waals surface area contributed by atoms with Crippen molar-refractivity contribution in [2.75, 3.05) is 103 Å². The maximum absolute atomic E-state index is 14.7. The number of nitrogens with two attached hydrogens (primary N) is 3. The maximum atomic E-state index is 14.7. The van der Waals surface area contributed by atoms with Crippen molar-refractivity contribution < 1.29 is 109 Å². The fourth-order valence-corrected chi connectivity index (χ4v) is 24.5. The lowest BCUT2D eigenvalue weighted by Gasteiger charge is -2.36. The minimum atomic E-state index is -0.967. The first-order chi connectivity index (χ1) is 70.4. The van der Waals surface area contributed by atoms with Crippen LogP contribution in [0.25, 0.3) is 0 Å². The summed E-state index contributed by atoms with van der Waals surface area (Å²) >= 11 is 10.1. The molecule has 8 saturated heterocycles. The van der Waals surface area contributed by atoms with Crippen LogP contribution in [-0.2, 0) is 80.5 Å². The molecule has 27 nitrogen and oxygen atoms in total. The quantitative estimate of drug-likeness (QED) is 0.00484. The van der Waals surface area contributed by atoms with Crippen LogP contribution in [-0.4, -0.2) is 227 Å². The van der Waals surface area contributed by atoms with Crippen molar-refractivity contribution in [1.82, 2.24) is 0 Å². The summed E-state index contributed by atoms with van der Waals surface area (Å²) in [7, 11) is 0. The summed E-state index contributed by atoms with van der Waals surface area (Å²) in [5, 5.41) is 54.7. The van der Waals surface area contributed by atoms with Gasteiger partial charge in [-0.25, -0.2) is 36.3 Å². The number of non-ortho nitro benzene ring substituents is 1. The lowest BCUT2D eigenvalue weighted by molar-refractivity contribution is -0.385. The number of ether oxygens (including phenoxy) is 9. The zero-order chi connectivity index (χ0) is 106. The molecule has 0 spiro atoms. The number of aliphatic hydroxyl groups is 3. The Morgan fingerprint density at radius 3 is 1.46 bits per heavy atom. The number of nitrogens with zero attached hydrogens (tertiary/aromatic N) is 6. The first-order valence-electron chi connectivity index (χ1n) is 48.8. The van der Waals surface area contributed by atoms with Crippen molar-refractivity contribution in [3.8, 4) is 0 Å². The van der Waals surface area contributed by atoms with Gasteiger partial charge in [-0.3, -0.25) is 24.7 Å². The maximum Gasteiger partial charge on any atom is 0.270 e. The summed E-state index contributed by atoms with van der Waals surface area (Å²) < 4.78 is 135. The number of thioether (sulfide) groups is 3. The topological polar surface area (TPSA) is 390 Å². The molecule has 8 fully saturated rings. The highest BCUT2D eigenvalue weighted by atomic mass is 32.2. The molecule has 0 saturated carbocycles. The number of benzene rings is 8. The molecule has 12 aliphatic rings. The third-order valence-corrected chi connectivity index (χ3v) is 32.3. The second-order valence-corrected chi connectivity index (χ2v) is 41.8. The molecule has 8 aromatic carbocycles. The lowest BCUT2D eigenvalue weighted by Crippen LogP contribution is -2.47. The van der Waals surface area contributed by atoms with E-state index in [-0.39, 0.29) is 188 Å². The number of Topliss-reactive ketones (excluding diaryl/α,β-unsaturated/α-hetero) is 2. The molecule has 0 radical (unpaired) electrons. The van der Waals surface area contributed by atoms with E-state index in [1.165, 1.54) is 72.2 Å². The molecular weight excluding hydrogens is 1980 g/mol. The Balaban J connectivity index is 0.000000151. The largest absolute Gasteiger partial charge is 0.411 e. The number of hydrogen-bond donors (Lipinski definition) is 7. The van der Waals surface area contributed by atoms with Gasteiger partial charge in [0.05, 0.1) is 173 Å². The monoisotopic (exact) mass is 2110 g/mol. The van der Waals surface area contributed by atoms with E-state index in [4.69, 9.17) is 92.2 Å². The van der Waals surface area contributed by atoms with Gasteiger partial charge in [-0.2, -0.15) is 0 Å². The van der Waals surface area contributed by atoms with Gasteiger partial charge in [-0.15, -0.1) is 24.9 Å². The van der Waals surface area contributed by atoms with Crippen LogP contribution in [0.5, 0.6) is 0 Å². The van der Waals surface area contributed by atoms with Crippen LogP contribution in [0.15, 0.2) is 251 Å². The van der Waals surface area contributed by atoms with Gasteiger partial charge >= 0.3 is 0 Å². The molecule has 0 aromatic heterocycles. The molecule has 2 unspecified atom stereocenters. The molecule has 37 heteroatoms. The number of aliphatic hydroxyl groups excluding tert-OH is 3. The van der Waals surface area contributed by atoms with Gasteiger partial charge in [-0.1, -0.05) is 210 Å². The number of nitro benzene ring substituents is 1. The molecule has 0 amide bonds. The molecule has 12 aliphatic heterocycles. The van der Waals surface area contributed by atoms with Gasteiger partial charge < -0.3 is 85.2 Å². The smallest absolute Gasteiger partial charge is 0.270 e. The molecule has 8 aromatic rings. The van der Waals surface area contributed by atoms with Crippen molar-refractivity contribution in [3.63, 3.8) is 0 Å². The van der Waals surface area contributed by atoms with Gasteiger partial charge in [-0.05, 0) is 116 Å². The van der Waals surface area contributed by atoms with Gasteiger partial charge in [0.15, 0.2) is 21.9 Å². The highest BCUT2D eigenvalue weighted by Crippen LogP contribution is 2.54. The molecule has 790 valence electrons. The second kappa shape index (κ2) is 52.9. The molecule has 10 N–H and O–H groups in total. The average molecular weight is 2110 g/mol. The third kappa shape index (κ3) is 27.0. The molecule has 0 bridgehead atoms. The zero-order valence-corrected chi connectivity index (χ0v) is 87.0. The highest BCUT2D eigenvalue weighted by Gasteiger charge is 2.59. The van der Waals surface area contributed by atoms with E-state index in [0.29, 0.717) is 119 Å². The number of amidine groups is 2. The second-order valence-electron chi connectivity index (χ2n) is 38.1. The number of carbonyl (C=O) groups is 2. The molecule has 20 rings (SSSR count). The van der Waals surface area contributed by atoms with Crippen LogP contribution in [0.3, 0.4) is 0 Å². The fourth-order valence-electron chi connectivity index (χ4n) is 20.4. The minimum Gasteiger partial charge on any atom is -0.411 e. The Bertz CT molecular complexity index is 5970. The molecular formula is C110H131F6N9O18S4. The number of halogens is 6. The summed E-state index contributed by atoms with van der Waals surface area (Å²) in [6, 6.07) is 55.2. The van der Waals surface area contributed by atoms with E-state index < -0.39 is 38.3 Å². The van der Waals surface area contributed by atoms with E-state index in [9.17, 15) is 56.3 Å². The Hall–Kier alpha value is -10.3. The molecule has 0 aliphatic carbocycles. The Labute approximate surface area is 871 Å². The number of aliphatic imine (C=N–C) groups is 3. The van der Waals surface area contributed by atoms with Gasteiger partial charge in [0.1, 0.15) is 58.1 Å². The molecule has 22 atom stereocenters. The number of rotatable bonds is 22. The minimum absolute atomic E-state index is 0.0113. The Morgan fingerprint density at radius 1 is 0.531 bits per heavy atom. The van der Waals surface area contributed by atoms with Crippen molar-refractivity contribution in [1.29, 1.82) is 0 Å². The molecule has 147 heavy (non-hydrogen) atoms. The fraction of sp³-hybridized carbons (Fsp3) is 0.455. The van der Waals surface area contributed by atoms with Crippen LogP contribution in [0.4, 0.5) is 32.0 Å². The summed E-state index contributed by atoms with van der Waals surface area (Å²) in [6.07, 6.45) is 4.83. The van der Waals surface area contributed by atoms with Crippen LogP contribution >= 0.6 is 47.5 Å². The standard InChI is InChI=1S/C22H23FO3S.C21H20FNO2S.C13H14FN3O3S.C13H15FN2OS.C13H15FO2.C12H16FNO2.C6H9NO2.C6H11NO2.C4H8O/c1-15-19(13-24)22(14-26-15,18-9-5-6-10-20(18)23)12-17(27)11-21(25)16-7-3-2-4-8-16;1-14-17-12-26-20(11-19(24)15-7-3-2-4-8-15)23-21(17,13-25-14)16-9-5-6-10-18(16)22;1-7-10-5-21-12(15)16-13(10,6-20-7)9-4-8(17(18)19)2-3-11(9)14;1-8-10-6-18-12(15)16-13(10,7-17-8)9-4-2-3-5-11(9)14;1-9-11-6-15-7-13(11,8-16-9)10-4-2-3-5-12(10)14;1-8-10(6-15)12(14,7-16-8)9-4-2-3-5-11(9)13;1-4-5-2-9-7-6(5)3-8-4;1-3-6(2)9-5-4-7-8;1-3-4(2)5/h2-10,15,19,24H,11-14H2,1H3;2-10,14,17H,11-13H2,1H3;2-4,7,10H,5-6H2,1H3,(H2,15,16);2-5,8,10H,6-7H2,1H3,(H2,15,16);2-5,9,11H,6-8H2,1H3;2-5,8,10,15H,6-7,14H2,1H3;4-5H,2-3H2,1H3;3-4,6,8H,1,5H2,2H3;3-5H,1H2,2H3/b;;;;;;;7-4+;/t15-,19-,22+;14-,17-,21-;7-,10-,13-;8-,10-,13-;9-,11-,13+;8-,10-,12-;4-,5-;;/m1111111../s1.